The molecule has 1 unspecified atom stereocenters. The lowest BCUT2D eigenvalue weighted by atomic mass is 10.2. The maximum atomic E-state index is 11.8. The number of rotatable bonds is 4. The fraction of sp³-hybridized carbons (Fsp3) is 0.143. The molecule has 2 rings (SSSR count). The van der Waals surface area contributed by atoms with Gasteiger partial charge in [-0.3, -0.25) is 4.79 Å². The topological polar surface area (TPSA) is 78.0 Å². The minimum Gasteiger partial charge on any atom is -0.612 e. The molecule has 0 spiro atoms. The molecular weight excluding hydrogens is 276 g/mol. The maximum absolute atomic E-state index is 11.8. The molecule has 0 amide bonds. The van der Waals surface area contributed by atoms with Crippen LogP contribution in [0.1, 0.15) is 11.3 Å². The normalized spacial score (nSPS) is 12.6. The highest BCUT2D eigenvalue weighted by molar-refractivity contribution is 7.90. The zero-order valence-electron chi connectivity index (χ0n) is 11.1. The fourth-order valence-electron chi connectivity index (χ4n) is 1.76. The summed E-state index contributed by atoms with van der Waals surface area (Å²) in [6.45, 7) is 0. The van der Waals surface area contributed by atoms with Gasteiger partial charge in [0.2, 0.25) is 4.90 Å². The van der Waals surface area contributed by atoms with Crippen LogP contribution in [0, 0.1) is 0 Å². The van der Waals surface area contributed by atoms with Gasteiger partial charge in [0, 0.05) is 11.6 Å². The third-order valence-corrected chi connectivity index (χ3v) is 3.66. The molecule has 0 saturated heterocycles. The van der Waals surface area contributed by atoms with Crippen LogP contribution in [0.2, 0.25) is 0 Å². The van der Waals surface area contributed by atoms with Gasteiger partial charge in [-0.25, -0.2) is 5.10 Å². The standard InChI is InChI=1S/C14H14N2O3S/c1-19-12-5-3-4-10(14(12)20(2)18)6-7-11-8-9-13(17)16-15-11/h3-9H,1-2H3,(H,16,17). The Hall–Kier alpha value is -2.05. The van der Waals surface area contributed by atoms with Gasteiger partial charge >= 0.3 is 0 Å². The largest absolute Gasteiger partial charge is 0.612 e. The molecule has 1 aromatic carbocycles. The van der Waals surface area contributed by atoms with Crippen molar-refractivity contribution in [1.29, 1.82) is 0 Å². The van der Waals surface area contributed by atoms with E-state index in [0.717, 1.165) is 5.56 Å². The van der Waals surface area contributed by atoms with Crippen LogP contribution in [-0.2, 0) is 11.2 Å². The monoisotopic (exact) mass is 290 g/mol. The minimum absolute atomic E-state index is 0.251. The summed E-state index contributed by atoms with van der Waals surface area (Å²) in [5.74, 6) is 0.586. The van der Waals surface area contributed by atoms with Crippen molar-refractivity contribution >= 4 is 23.3 Å². The molecule has 0 aliphatic carbocycles. The summed E-state index contributed by atoms with van der Waals surface area (Å²) < 4.78 is 17.1. The van der Waals surface area contributed by atoms with Crippen molar-refractivity contribution in [3.63, 3.8) is 0 Å². The van der Waals surface area contributed by atoms with Crippen LogP contribution < -0.4 is 10.3 Å². The maximum Gasteiger partial charge on any atom is 0.264 e. The Balaban J connectivity index is 2.38. The summed E-state index contributed by atoms with van der Waals surface area (Å²) in [5.41, 5.74) is 1.15. The van der Waals surface area contributed by atoms with Gasteiger partial charge in [-0.05, 0) is 41.5 Å². The third-order valence-electron chi connectivity index (χ3n) is 2.65. The summed E-state index contributed by atoms with van der Waals surface area (Å²) >= 11 is -1.17. The molecule has 0 bridgehead atoms. The first-order chi connectivity index (χ1) is 9.61. The summed E-state index contributed by atoms with van der Waals surface area (Å²) in [5, 5.41) is 6.23. The molecule has 20 heavy (non-hydrogen) atoms. The predicted molar refractivity (Wildman–Crippen MR) is 79.1 cm³/mol. The molecule has 2 aromatic rings. The summed E-state index contributed by atoms with van der Waals surface area (Å²) in [4.78, 5) is 11.6. The van der Waals surface area contributed by atoms with E-state index in [9.17, 15) is 9.35 Å². The SMILES string of the molecule is COc1cccc(C=Cc2ccc(=O)[nH]n2)c1[S+](C)[O-]. The van der Waals surface area contributed by atoms with Crippen LogP contribution >= 0.6 is 0 Å². The number of aromatic amines is 1. The van der Waals surface area contributed by atoms with E-state index in [4.69, 9.17) is 4.74 Å². The van der Waals surface area contributed by atoms with Crippen LogP contribution in [0.15, 0.2) is 40.0 Å². The number of methoxy groups -OCH3 is 1. The van der Waals surface area contributed by atoms with E-state index in [2.05, 4.69) is 10.2 Å². The van der Waals surface area contributed by atoms with Crippen molar-refractivity contribution in [1.82, 2.24) is 10.2 Å². The fourth-order valence-corrected chi connectivity index (χ4v) is 2.66. The molecule has 0 aliphatic rings. The Morgan fingerprint density at radius 1 is 1.30 bits per heavy atom. The number of aromatic nitrogens is 2. The van der Waals surface area contributed by atoms with Crippen molar-refractivity contribution in [2.75, 3.05) is 13.4 Å². The lowest BCUT2D eigenvalue weighted by molar-refractivity contribution is 0.402. The van der Waals surface area contributed by atoms with E-state index in [1.54, 1.807) is 37.7 Å². The molecule has 104 valence electrons. The molecule has 0 fully saturated rings. The van der Waals surface area contributed by atoms with Crippen molar-refractivity contribution < 1.29 is 9.29 Å². The van der Waals surface area contributed by atoms with E-state index in [0.29, 0.717) is 16.3 Å². The lowest BCUT2D eigenvalue weighted by Gasteiger charge is -2.11. The van der Waals surface area contributed by atoms with E-state index in [-0.39, 0.29) is 5.56 Å². The second-order valence-corrected chi connectivity index (χ2v) is 5.33. The Labute approximate surface area is 119 Å². The zero-order valence-corrected chi connectivity index (χ0v) is 11.9. The second kappa shape index (κ2) is 6.40. The Morgan fingerprint density at radius 3 is 2.70 bits per heavy atom. The molecule has 0 radical (unpaired) electrons. The molecule has 1 atom stereocenters. The van der Waals surface area contributed by atoms with Gasteiger partial charge in [-0.2, -0.15) is 5.10 Å². The van der Waals surface area contributed by atoms with Gasteiger partial charge in [-0.15, -0.1) is 0 Å². The van der Waals surface area contributed by atoms with E-state index in [1.165, 1.54) is 6.07 Å². The van der Waals surface area contributed by atoms with Crippen molar-refractivity contribution in [2.24, 2.45) is 0 Å². The van der Waals surface area contributed by atoms with Gasteiger partial charge in [0.05, 0.1) is 12.8 Å². The summed E-state index contributed by atoms with van der Waals surface area (Å²) in [6.07, 6.45) is 5.13. The number of benzene rings is 1. The van der Waals surface area contributed by atoms with Crippen molar-refractivity contribution in [3.05, 3.63) is 51.9 Å². The van der Waals surface area contributed by atoms with Gasteiger partial charge in [0.15, 0.2) is 5.75 Å². The molecule has 0 saturated carbocycles. The summed E-state index contributed by atoms with van der Waals surface area (Å²) in [7, 11) is 1.54. The van der Waals surface area contributed by atoms with E-state index < -0.39 is 11.2 Å². The number of H-pyrrole nitrogens is 1. The van der Waals surface area contributed by atoms with Crippen LogP contribution in [-0.4, -0.2) is 28.1 Å². The highest BCUT2D eigenvalue weighted by Crippen LogP contribution is 2.28. The number of ether oxygens (including phenoxy) is 1. The average Bonchev–Trinajstić information content (AvgIpc) is 2.46. The Kier molecular flexibility index (Phi) is 4.60. The van der Waals surface area contributed by atoms with Crippen molar-refractivity contribution in [2.45, 2.75) is 4.90 Å². The number of hydrogen-bond donors (Lipinski definition) is 1. The Morgan fingerprint density at radius 2 is 2.10 bits per heavy atom. The smallest absolute Gasteiger partial charge is 0.264 e. The summed E-state index contributed by atoms with van der Waals surface area (Å²) in [6, 6.07) is 8.46. The molecule has 1 N–H and O–H groups in total. The van der Waals surface area contributed by atoms with E-state index >= 15 is 0 Å². The highest BCUT2D eigenvalue weighted by Gasteiger charge is 2.16. The number of nitrogens with zero attached hydrogens (tertiary/aromatic N) is 1. The molecule has 1 aromatic heterocycles. The van der Waals surface area contributed by atoms with Gasteiger partial charge < -0.3 is 9.29 Å². The molecule has 6 heteroatoms. The predicted octanol–water partition coefficient (Wildman–Crippen LogP) is 1.69. The number of hydrogen-bond acceptors (Lipinski definition) is 4. The zero-order chi connectivity index (χ0) is 14.5. The lowest BCUT2D eigenvalue weighted by Crippen LogP contribution is -2.05. The Bertz CT molecular complexity index is 660. The average molecular weight is 290 g/mol. The number of nitrogens with one attached hydrogen (secondary N) is 1. The van der Waals surface area contributed by atoms with Crippen LogP contribution in [0.3, 0.4) is 0 Å². The highest BCUT2D eigenvalue weighted by atomic mass is 32.2. The van der Waals surface area contributed by atoms with Gasteiger partial charge in [0.25, 0.3) is 5.56 Å². The first kappa shape index (κ1) is 14.4. The van der Waals surface area contributed by atoms with Crippen LogP contribution in [0.25, 0.3) is 12.2 Å². The molecule has 5 nitrogen and oxygen atoms in total. The first-order valence-electron chi connectivity index (χ1n) is 5.86. The first-order valence-corrected chi connectivity index (χ1v) is 7.42. The van der Waals surface area contributed by atoms with Crippen LogP contribution in [0.4, 0.5) is 0 Å². The third kappa shape index (κ3) is 3.28. The van der Waals surface area contributed by atoms with Crippen LogP contribution in [0.5, 0.6) is 5.75 Å². The molecule has 1 heterocycles. The minimum atomic E-state index is -1.17. The molecule has 0 aliphatic heterocycles. The van der Waals surface area contributed by atoms with Crippen molar-refractivity contribution in [3.8, 4) is 5.75 Å². The van der Waals surface area contributed by atoms with E-state index in [1.807, 2.05) is 12.1 Å². The quantitative estimate of drug-likeness (QED) is 0.869. The molecular formula is C14H14N2O3S. The van der Waals surface area contributed by atoms with Gasteiger partial charge in [-0.1, -0.05) is 6.07 Å². The van der Waals surface area contributed by atoms with Gasteiger partial charge in [0.1, 0.15) is 6.26 Å². The second-order valence-electron chi connectivity index (χ2n) is 4.01.